The number of amides is 1. The number of hydrogen-bond acceptors (Lipinski definition) is 7. The number of aromatic nitrogens is 3. The predicted octanol–water partition coefficient (Wildman–Crippen LogP) is 3.13. The maximum atomic E-state index is 12.4. The van der Waals surface area contributed by atoms with E-state index in [4.69, 9.17) is 14.5 Å². The van der Waals surface area contributed by atoms with Crippen LogP contribution in [-0.4, -0.2) is 72.3 Å². The largest absolute Gasteiger partial charge is 0.473 e. The average molecular weight is 470 g/mol. The fourth-order valence-electron chi connectivity index (χ4n) is 3.68. The van der Waals surface area contributed by atoms with Gasteiger partial charge in [0.15, 0.2) is 5.52 Å². The second-order valence-electron chi connectivity index (χ2n) is 8.42. The van der Waals surface area contributed by atoms with Crippen molar-refractivity contribution in [1.82, 2.24) is 19.9 Å². The zero-order valence-electron chi connectivity index (χ0n) is 19.5. The van der Waals surface area contributed by atoms with Crippen LogP contribution in [0.5, 0.6) is 5.88 Å². The molecule has 9 heteroatoms. The minimum absolute atomic E-state index is 0. The van der Waals surface area contributed by atoms with E-state index in [1.807, 2.05) is 51.0 Å². The van der Waals surface area contributed by atoms with Crippen molar-refractivity contribution in [1.29, 1.82) is 0 Å². The maximum Gasteiger partial charge on any atom is 0.242 e. The molecular formula is C24H31N5O3S. The molecule has 0 N–H and O–H groups in total. The van der Waals surface area contributed by atoms with Gasteiger partial charge in [-0.25, -0.2) is 9.97 Å². The summed E-state index contributed by atoms with van der Waals surface area (Å²) in [4.78, 5) is 29.9. The van der Waals surface area contributed by atoms with Gasteiger partial charge in [0, 0.05) is 50.2 Å². The van der Waals surface area contributed by atoms with Crippen LogP contribution >= 0.6 is 13.5 Å². The summed E-state index contributed by atoms with van der Waals surface area (Å²) in [5.41, 5.74) is 4.16. The highest BCUT2D eigenvalue weighted by Crippen LogP contribution is 2.28. The van der Waals surface area contributed by atoms with E-state index in [1.165, 1.54) is 0 Å². The molecule has 1 amide bonds. The first-order chi connectivity index (χ1) is 15.4. The van der Waals surface area contributed by atoms with Gasteiger partial charge in [-0.3, -0.25) is 9.78 Å². The number of carbonyl (C=O) groups is 1. The molecule has 4 rings (SSSR count). The Bertz CT molecular complexity index is 1090. The van der Waals surface area contributed by atoms with Crippen molar-refractivity contribution in [2.75, 3.05) is 45.3 Å². The van der Waals surface area contributed by atoms with Gasteiger partial charge in [0.05, 0.1) is 24.4 Å². The number of benzene rings is 1. The average Bonchev–Trinajstić information content (AvgIpc) is 2.82. The highest BCUT2D eigenvalue weighted by molar-refractivity contribution is 7.59. The van der Waals surface area contributed by atoms with Crippen LogP contribution in [0.4, 0.5) is 5.69 Å². The zero-order chi connectivity index (χ0) is 22.7. The molecule has 0 unspecified atom stereocenters. The summed E-state index contributed by atoms with van der Waals surface area (Å²) < 4.78 is 11.9. The molecule has 3 heterocycles. The zero-order valence-corrected chi connectivity index (χ0v) is 20.5. The topological polar surface area (TPSA) is 80.7 Å². The maximum absolute atomic E-state index is 12.4. The van der Waals surface area contributed by atoms with Gasteiger partial charge in [-0.2, -0.15) is 13.5 Å². The van der Waals surface area contributed by atoms with Crippen LogP contribution in [0.2, 0.25) is 0 Å². The van der Waals surface area contributed by atoms with Crippen LogP contribution < -0.4 is 9.64 Å². The first-order valence-corrected chi connectivity index (χ1v) is 10.8. The third kappa shape index (κ3) is 5.72. The van der Waals surface area contributed by atoms with E-state index in [-0.39, 0.29) is 38.0 Å². The third-order valence-corrected chi connectivity index (χ3v) is 5.45. The molecule has 0 aliphatic carbocycles. The number of pyridine rings is 1. The molecule has 0 bridgehead atoms. The Kier molecular flexibility index (Phi) is 8.10. The fraction of sp³-hybridized carbons (Fsp3) is 0.417. The highest BCUT2D eigenvalue weighted by Gasteiger charge is 2.26. The van der Waals surface area contributed by atoms with E-state index in [1.54, 1.807) is 12.4 Å². The van der Waals surface area contributed by atoms with Gasteiger partial charge < -0.3 is 19.3 Å². The number of hydrogen-bond donors (Lipinski definition) is 0. The molecule has 33 heavy (non-hydrogen) atoms. The number of carbonyl (C=O) groups excluding carboxylic acids is 1. The number of fused-ring (bicyclic) bond motifs is 1. The molecule has 1 aliphatic heterocycles. The van der Waals surface area contributed by atoms with E-state index in [0.29, 0.717) is 36.6 Å². The summed E-state index contributed by atoms with van der Waals surface area (Å²) in [5, 5.41) is 0. The molecule has 0 saturated carbocycles. The normalized spacial score (nSPS) is 15.9. The molecule has 1 aromatic carbocycles. The van der Waals surface area contributed by atoms with Gasteiger partial charge in [0.1, 0.15) is 12.7 Å². The number of morpholine rings is 1. The Morgan fingerprint density at radius 3 is 2.64 bits per heavy atom. The van der Waals surface area contributed by atoms with Gasteiger partial charge in [-0.05, 0) is 18.2 Å². The summed E-state index contributed by atoms with van der Waals surface area (Å²) in [6, 6.07) is 10.1. The first kappa shape index (κ1) is 24.7. The molecule has 1 aliphatic rings. The summed E-state index contributed by atoms with van der Waals surface area (Å²) >= 11 is 0. The van der Waals surface area contributed by atoms with Crippen molar-refractivity contribution in [3.05, 3.63) is 42.7 Å². The number of rotatable bonds is 6. The summed E-state index contributed by atoms with van der Waals surface area (Å²) in [7, 11) is 4.02. The van der Waals surface area contributed by atoms with E-state index < -0.39 is 0 Å². The molecule has 0 spiro atoms. The molecule has 8 nitrogen and oxygen atoms in total. The SMILES string of the molecule is CC(C)C(=O)N1CCO[C@H](COc2nc(-c3ccc(N(C)C)cc3)cc3nccnc23)C1.S. The second-order valence-corrected chi connectivity index (χ2v) is 8.42. The Labute approximate surface area is 201 Å². The van der Waals surface area contributed by atoms with Crippen LogP contribution in [0.1, 0.15) is 13.8 Å². The molecule has 1 saturated heterocycles. The van der Waals surface area contributed by atoms with Gasteiger partial charge in [-0.1, -0.05) is 26.0 Å². The van der Waals surface area contributed by atoms with E-state index >= 15 is 0 Å². The lowest BCUT2D eigenvalue weighted by Crippen LogP contribution is -2.48. The van der Waals surface area contributed by atoms with Crippen molar-refractivity contribution in [2.45, 2.75) is 20.0 Å². The first-order valence-electron chi connectivity index (χ1n) is 10.8. The van der Waals surface area contributed by atoms with Crippen LogP contribution in [-0.2, 0) is 9.53 Å². The Morgan fingerprint density at radius 2 is 1.94 bits per heavy atom. The Balaban J connectivity index is 0.00000306. The highest BCUT2D eigenvalue weighted by atomic mass is 32.1. The summed E-state index contributed by atoms with van der Waals surface area (Å²) in [6.07, 6.45) is 3.07. The number of anilines is 1. The fourth-order valence-corrected chi connectivity index (χ4v) is 3.68. The van der Waals surface area contributed by atoms with Crippen molar-refractivity contribution >= 4 is 36.1 Å². The van der Waals surface area contributed by atoms with Gasteiger partial charge in [-0.15, -0.1) is 0 Å². The number of ether oxygens (including phenoxy) is 2. The molecular weight excluding hydrogens is 438 g/mol. The minimum atomic E-state index is -0.219. The molecule has 1 fully saturated rings. The van der Waals surface area contributed by atoms with Gasteiger partial charge >= 0.3 is 0 Å². The second kappa shape index (κ2) is 10.8. The van der Waals surface area contributed by atoms with E-state index in [2.05, 4.69) is 27.0 Å². The summed E-state index contributed by atoms with van der Waals surface area (Å²) in [5.74, 6) is 0.514. The number of nitrogens with zero attached hydrogens (tertiary/aromatic N) is 5. The lowest BCUT2D eigenvalue weighted by atomic mass is 10.1. The Hall–Kier alpha value is -2.91. The smallest absolute Gasteiger partial charge is 0.242 e. The van der Waals surface area contributed by atoms with Crippen molar-refractivity contribution < 1.29 is 14.3 Å². The van der Waals surface area contributed by atoms with E-state index in [0.717, 1.165) is 16.9 Å². The third-order valence-electron chi connectivity index (χ3n) is 5.45. The van der Waals surface area contributed by atoms with Crippen LogP contribution in [0.25, 0.3) is 22.3 Å². The molecule has 1 atom stereocenters. The summed E-state index contributed by atoms with van der Waals surface area (Å²) in [6.45, 7) is 5.72. The lowest BCUT2D eigenvalue weighted by Gasteiger charge is -2.33. The molecule has 3 aromatic rings. The monoisotopic (exact) mass is 469 g/mol. The molecule has 0 radical (unpaired) electrons. The van der Waals surface area contributed by atoms with Gasteiger partial charge in [0.25, 0.3) is 0 Å². The van der Waals surface area contributed by atoms with Crippen LogP contribution in [0.15, 0.2) is 42.7 Å². The quantitative estimate of drug-likeness (QED) is 0.549. The molecule has 2 aromatic heterocycles. The standard InChI is InChI=1S/C24H29N5O3.H2S/c1-16(2)24(30)29-11-12-31-19(14-29)15-32-23-22-21(25-9-10-26-22)13-20(27-23)17-5-7-18(8-6-17)28(3)4;/h5-10,13,16,19H,11-12,14-15H2,1-4H3;1H2/t19-;/m0./s1. The van der Waals surface area contributed by atoms with Crippen LogP contribution in [0.3, 0.4) is 0 Å². The molecule has 176 valence electrons. The Morgan fingerprint density at radius 1 is 1.21 bits per heavy atom. The van der Waals surface area contributed by atoms with Gasteiger partial charge in [0.2, 0.25) is 11.8 Å². The van der Waals surface area contributed by atoms with Crippen LogP contribution in [0, 0.1) is 5.92 Å². The van der Waals surface area contributed by atoms with Crippen molar-refractivity contribution in [2.24, 2.45) is 5.92 Å². The van der Waals surface area contributed by atoms with Crippen molar-refractivity contribution in [3.8, 4) is 17.1 Å². The minimum Gasteiger partial charge on any atom is -0.473 e. The predicted molar refractivity (Wildman–Crippen MR) is 134 cm³/mol. The lowest BCUT2D eigenvalue weighted by molar-refractivity contribution is -0.143. The van der Waals surface area contributed by atoms with E-state index in [9.17, 15) is 4.79 Å². The van der Waals surface area contributed by atoms with Crippen molar-refractivity contribution in [3.63, 3.8) is 0 Å².